The van der Waals surface area contributed by atoms with Crippen molar-refractivity contribution in [2.45, 2.75) is 17.9 Å². The Morgan fingerprint density at radius 2 is 2.19 bits per heavy atom. The number of anilines is 1. The standard InChI is InChI=1S/C12H18N4O2S3/c1-13-10-11(16-4-7-20-12(16)15-10)21(17,18)14-8-9-2-5-19-6-3-9/h4,7,9,13-14H,2-3,5-6,8H2,1H3. The number of rotatable bonds is 5. The second-order valence-electron chi connectivity index (χ2n) is 4.98. The van der Waals surface area contributed by atoms with Crippen molar-refractivity contribution in [3.05, 3.63) is 11.6 Å². The SMILES string of the molecule is CNc1nc2sccn2c1S(=O)(=O)NCC1CCSCC1. The van der Waals surface area contributed by atoms with Crippen LogP contribution in [0.5, 0.6) is 0 Å². The highest BCUT2D eigenvalue weighted by Gasteiger charge is 2.26. The molecule has 21 heavy (non-hydrogen) atoms. The molecule has 0 bridgehead atoms. The zero-order valence-electron chi connectivity index (χ0n) is 11.7. The maximum absolute atomic E-state index is 12.6. The fourth-order valence-corrected chi connectivity index (χ4v) is 5.81. The second-order valence-corrected chi connectivity index (χ2v) is 8.76. The Balaban J connectivity index is 1.83. The Labute approximate surface area is 132 Å². The molecule has 0 atom stereocenters. The molecule has 2 aromatic heterocycles. The van der Waals surface area contributed by atoms with Gasteiger partial charge in [0.05, 0.1) is 0 Å². The van der Waals surface area contributed by atoms with E-state index in [1.165, 1.54) is 11.3 Å². The van der Waals surface area contributed by atoms with Gasteiger partial charge in [-0.15, -0.1) is 11.3 Å². The Morgan fingerprint density at radius 3 is 2.90 bits per heavy atom. The summed E-state index contributed by atoms with van der Waals surface area (Å²) in [7, 11) is -1.88. The Kier molecular flexibility index (Phi) is 4.43. The summed E-state index contributed by atoms with van der Waals surface area (Å²) in [6.07, 6.45) is 3.89. The van der Waals surface area contributed by atoms with Crippen molar-refractivity contribution < 1.29 is 8.42 Å². The lowest BCUT2D eigenvalue weighted by atomic mass is 10.0. The van der Waals surface area contributed by atoms with Crippen molar-refractivity contribution >= 4 is 43.9 Å². The van der Waals surface area contributed by atoms with Crippen LogP contribution in [0.4, 0.5) is 5.82 Å². The minimum Gasteiger partial charge on any atom is -0.371 e. The molecule has 0 unspecified atom stereocenters. The van der Waals surface area contributed by atoms with Gasteiger partial charge in [0.1, 0.15) is 0 Å². The van der Waals surface area contributed by atoms with Crippen molar-refractivity contribution in [1.29, 1.82) is 0 Å². The van der Waals surface area contributed by atoms with Crippen molar-refractivity contribution in [2.75, 3.05) is 30.4 Å². The zero-order chi connectivity index (χ0) is 14.9. The first-order chi connectivity index (χ1) is 10.1. The molecule has 1 saturated heterocycles. The highest BCUT2D eigenvalue weighted by molar-refractivity contribution is 7.99. The third kappa shape index (κ3) is 3.05. The van der Waals surface area contributed by atoms with E-state index in [-0.39, 0.29) is 5.03 Å². The molecule has 2 aromatic rings. The van der Waals surface area contributed by atoms with Gasteiger partial charge in [-0.1, -0.05) is 0 Å². The third-order valence-electron chi connectivity index (χ3n) is 3.61. The maximum atomic E-state index is 12.6. The molecule has 1 aliphatic heterocycles. The van der Waals surface area contributed by atoms with E-state index in [4.69, 9.17) is 0 Å². The minimum absolute atomic E-state index is 0.200. The highest BCUT2D eigenvalue weighted by Crippen LogP contribution is 2.26. The van der Waals surface area contributed by atoms with Gasteiger partial charge < -0.3 is 5.32 Å². The molecular weight excluding hydrogens is 328 g/mol. The topological polar surface area (TPSA) is 75.5 Å². The molecule has 0 aliphatic carbocycles. The van der Waals surface area contributed by atoms with Crippen LogP contribution < -0.4 is 10.0 Å². The molecule has 3 rings (SSSR count). The molecule has 9 heteroatoms. The summed E-state index contributed by atoms with van der Waals surface area (Å²) in [6.45, 7) is 0.503. The van der Waals surface area contributed by atoms with E-state index in [0.29, 0.717) is 23.2 Å². The van der Waals surface area contributed by atoms with E-state index in [0.717, 1.165) is 24.3 Å². The Morgan fingerprint density at radius 1 is 1.43 bits per heavy atom. The van der Waals surface area contributed by atoms with E-state index >= 15 is 0 Å². The fraction of sp³-hybridized carbons (Fsp3) is 0.583. The lowest BCUT2D eigenvalue weighted by Gasteiger charge is -2.21. The van der Waals surface area contributed by atoms with Gasteiger partial charge in [0.25, 0.3) is 10.0 Å². The van der Waals surface area contributed by atoms with Crippen molar-refractivity contribution in [2.24, 2.45) is 5.92 Å². The van der Waals surface area contributed by atoms with Gasteiger partial charge in [-0.05, 0) is 30.3 Å². The molecule has 0 amide bonds. The molecule has 1 fully saturated rings. The summed E-state index contributed by atoms with van der Waals surface area (Å²) in [6, 6.07) is 0. The maximum Gasteiger partial charge on any atom is 0.260 e. The van der Waals surface area contributed by atoms with Gasteiger partial charge in [-0.2, -0.15) is 11.8 Å². The predicted molar refractivity (Wildman–Crippen MR) is 87.9 cm³/mol. The minimum atomic E-state index is -3.57. The summed E-state index contributed by atoms with van der Waals surface area (Å²) < 4.78 is 29.6. The molecular formula is C12H18N4O2S3. The Bertz CT molecular complexity index is 716. The number of imidazole rings is 1. The van der Waals surface area contributed by atoms with Crippen LogP contribution in [-0.4, -0.2) is 42.9 Å². The molecule has 0 saturated carbocycles. The van der Waals surface area contributed by atoms with Crippen LogP contribution in [0.3, 0.4) is 0 Å². The van der Waals surface area contributed by atoms with Crippen LogP contribution in [-0.2, 0) is 10.0 Å². The largest absolute Gasteiger partial charge is 0.371 e. The first kappa shape index (κ1) is 15.1. The van der Waals surface area contributed by atoms with Crippen LogP contribution in [0.25, 0.3) is 4.96 Å². The van der Waals surface area contributed by atoms with Crippen LogP contribution in [0.15, 0.2) is 16.6 Å². The van der Waals surface area contributed by atoms with Crippen molar-refractivity contribution in [3.8, 4) is 0 Å². The fourth-order valence-electron chi connectivity index (χ4n) is 2.43. The van der Waals surface area contributed by atoms with Gasteiger partial charge in [0.2, 0.25) is 0 Å². The molecule has 1 aliphatic rings. The van der Waals surface area contributed by atoms with Crippen molar-refractivity contribution in [1.82, 2.24) is 14.1 Å². The van der Waals surface area contributed by atoms with Crippen LogP contribution in [0.1, 0.15) is 12.8 Å². The Hall–Kier alpha value is -0.770. The lowest BCUT2D eigenvalue weighted by molar-refractivity contribution is 0.476. The van der Waals surface area contributed by atoms with Crippen LogP contribution in [0.2, 0.25) is 0 Å². The molecule has 3 heterocycles. The zero-order valence-corrected chi connectivity index (χ0v) is 14.2. The number of sulfonamides is 1. The second kappa shape index (κ2) is 6.15. The number of hydrogen-bond acceptors (Lipinski definition) is 6. The third-order valence-corrected chi connectivity index (χ3v) is 6.86. The summed E-state index contributed by atoms with van der Waals surface area (Å²) in [5, 5.41) is 4.90. The van der Waals surface area contributed by atoms with Crippen LogP contribution >= 0.6 is 23.1 Å². The molecule has 6 nitrogen and oxygen atoms in total. The van der Waals surface area contributed by atoms with Gasteiger partial charge >= 0.3 is 0 Å². The molecule has 0 radical (unpaired) electrons. The molecule has 0 spiro atoms. The number of thioether (sulfide) groups is 1. The monoisotopic (exact) mass is 346 g/mol. The van der Waals surface area contributed by atoms with Gasteiger partial charge in [0, 0.05) is 25.2 Å². The highest BCUT2D eigenvalue weighted by atomic mass is 32.2. The van der Waals surface area contributed by atoms with Gasteiger partial charge in [0.15, 0.2) is 15.8 Å². The van der Waals surface area contributed by atoms with E-state index in [1.54, 1.807) is 17.6 Å². The quantitative estimate of drug-likeness (QED) is 0.864. The predicted octanol–water partition coefficient (Wildman–Crippen LogP) is 1.86. The lowest BCUT2D eigenvalue weighted by Crippen LogP contribution is -2.32. The number of aromatic nitrogens is 2. The smallest absolute Gasteiger partial charge is 0.260 e. The summed E-state index contributed by atoms with van der Waals surface area (Å²) in [5.41, 5.74) is 0. The summed E-state index contributed by atoms with van der Waals surface area (Å²) in [4.78, 5) is 4.97. The number of fused-ring (bicyclic) bond motifs is 1. The number of thiazole rings is 1. The molecule has 2 N–H and O–H groups in total. The van der Waals surface area contributed by atoms with Gasteiger partial charge in [-0.3, -0.25) is 4.40 Å². The number of nitrogens with zero attached hydrogens (tertiary/aromatic N) is 2. The van der Waals surface area contributed by atoms with Crippen LogP contribution in [0, 0.1) is 5.92 Å². The summed E-state index contributed by atoms with van der Waals surface area (Å²) in [5.74, 6) is 3.07. The average molecular weight is 347 g/mol. The number of nitrogens with one attached hydrogen (secondary N) is 2. The van der Waals surface area contributed by atoms with Gasteiger partial charge in [-0.25, -0.2) is 18.1 Å². The van der Waals surface area contributed by atoms with E-state index in [2.05, 4.69) is 15.0 Å². The normalized spacial score (nSPS) is 17.4. The average Bonchev–Trinajstić information content (AvgIpc) is 3.06. The van der Waals surface area contributed by atoms with E-state index in [1.807, 2.05) is 17.1 Å². The number of hydrogen-bond donors (Lipinski definition) is 2. The molecule has 0 aromatic carbocycles. The first-order valence-electron chi connectivity index (χ1n) is 6.82. The van der Waals surface area contributed by atoms with E-state index in [9.17, 15) is 8.42 Å². The summed E-state index contributed by atoms with van der Waals surface area (Å²) >= 11 is 3.36. The first-order valence-corrected chi connectivity index (χ1v) is 10.3. The molecule has 116 valence electrons. The van der Waals surface area contributed by atoms with E-state index < -0.39 is 10.0 Å². The van der Waals surface area contributed by atoms with Crippen molar-refractivity contribution in [3.63, 3.8) is 0 Å².